The van der Waals surface area contributed by atoms with Crippen molar-refractivity contribution in [2.45, 2.75) is 24.5 Å². The molecule has 31 heavy (non-hydrogen) atoms. The first-order chi connectivity index (χ1) is 15.2. The van der Waals surface area contributed by atoms with Crippen LogP contribution in [0.1, 0.15) is 6.23 Å². The summed E-state index contributed by atoms with van der Waals surface area (Å²) in [7, 11) is 0. The fourth-order valence-electron chi connectivity index (χ4n) is 4.43. The second-order valence-electron chi connectivity index (χ2n) is 7.69. The van der Waals surface area contributed by atoms with Crippen molar-refractivity contribution in [3.05, 3.63) is 61.1 Å². The zero-order valence-electron chi connectivity index (χ0n) is 16.3. The number of fused-ring (bicyclic) bond motifs is 4. The maximum atomic E-state index is 10.4. The maximum absolute atomic E-state index is 10.4. The Kier molecular flexibility index (Phi) is 4.31. The van der Waals surface area contributed by atoms with E-state index in [1.165, 1.54) is 21.8 Å². The number of aliphatic hydroxyl groups excluding tert-OH is 3. The molecular weight excluding hydrogens is 414 g/mol. The summed E-state index contributed by atoms with van der Waals surface area (Å²) in [5.41, 5.74) is 2.41. The topological polar surface area (TPSA) is 101 Å². The minimum absolute atomic E-state index is 0.373. The van der Waals surface area contributed by atoms with Crippen LogP contribution < -0.4 is 0 Å². The van der Waals surface area contributed by atoms with Gasteiger partial charge in [-0.1, -0.05) is 36.4 Å². The molecule has 0 unspecified atom stereocenters. The second-order valence-corrected chi connectivity index (χ2v) is 8.74. The number of rotatable bonds is 3. The minimum Gasteiger partial charge on any atom is -0.394 e. The molecule has 0 radical (unpaired) electrons. The Bertz CT molecular complexity index is 1430. The summed E-state index contributed by atoms with van der Waals surface area (Å²) in [5, 5.41) is 33.2. The van der Waals surface area contributed by atoms with Gasteiger partial charge in [-0.3, -0.25) is 0 Å². The van der Waals surface area contributed by atoms with Gasteiger partial charge < -0.3 is 24.6 Å². The van der Waals surface area contributed by atoms with Gasteiger partial charge in [0, 0.05) is 37.3 Å². The van der Waals surface area contributed by atoms with E-state index in [1.807, 2.05) is 24.3 Å². The summed E-state index contributed by atoms with van der Waals surface area (Å²) in [4.78, 5) is 9.02. The molecule has 1 aliphatic heterocycles. The number of benzene rings is 2. The molecule has 8 heteroatoms. The van der Waals surface area contributed by atoms with Gasteiger partial charge in [-0.2, -0.15) is 0 Å². The lowest BCUT2D eigenvalue weighted by Crippen LogP contribution is -2.33. The molecule has 7 nitrogen and oxygen atoms in total. The number of hydrogen-bond donors (Lipinski definition) is 3. The first-order valence-electron chi connectivity index (χ1n) is 10.0. The molecule has 2 aromatic carbocycles. The quantitative estimate of drug-likeness (QED) is 0.404. The summed E-state index contributed by atoms with van der Waals surface area (Å²) in [6.45, 7) is -0.373. The molecule has 4 heterocycles. The molecule has 0 aliphatic carbocycles. The number of hydrogen-bond acceptors (Lipinski definition) is 7. The second kappa shape index (κ2) is 7.08. The van der Waals surface area contributed by atoms with Crippen LogP contribution in [-0.2, 0) is 4.74 Å². The molecule has 0 bridgehead atoms. The van der Waals surface area contributed by atoms with Gasteiger partial charge in [0.1, 0.15) is 30.3 Å². The number of nitrogens with zero attached hydrogens (tertiary/aromatic N) is 3. The lowest BCUT2D eigenvalue weighted by atomic mass is 10.1. The minimum atomic E-state index is -1.17. The Balaban J connectivity index is 1.53. The summed E-state index contributed by atoms with van der Waals surface area (Å²) in [6, 6.07) is 16.5. The number of aromatic nitrogens is 3. The Labute approximate surface area is 180 Å². The molecule has 0 spiro atoms. The molecule has 1 saturated heterocycles. The average Bonchev–Trinajstić information content (AvgIpc) is 3.47. The van der Waals surface area contributed by atoms with Gasteiger partial charge in [-0.05, 0) is 12.1 Å². The first kappa shape index (κ1) is 18.9. The number of thiophene rings is 1. The van der Waals surface area contributed by atoms with Crippen LogP contribution in [0.5, 0.6) is 0 Å². The van der Waals surface area contributed by atoms with Crippen LogP contribution in [0.25, 0.3) is 42.5 Å². The highest BCUT2D eigenvalue weighted by molar-refractivity contribution is 7.26. The van der Waals surface area contributed by atoms with Crippen molar-refractivity contribution in [1.29, 1.82) is 0 Å². The zero-order chi connectivity index (χ0) is 21.1. The summed E-state index contributed by atoms with van der Waals surface area (Å²) in [5.74, 6) is 0. The van der Waals surface area contributed by atoms with Gasteiger partial charge in [0.05, 0.1) is 12.3 Å². The van der Waals surface area contributed by atoms with Crippen molar-refractivity contribution in [3.8, 4) is 11.3 Å². The molecule has 1 aliphatic rings. The van der Waals surface area contributed by atoms with Crippen molar-refractivity contribution >= 4 is 42.5 Å². The summed E-state index contributed by atoms with van der Waals surface area (Å²) in [6.07, 6.45) is -0.743. The van der Waals surface area contributed by atoms with E-state index in [-0.39, 0.29) is 6.61 Å². The fourth-order valence-corrected chi connectivity index (χ4v) is 5.65. The highest BCUT2D eigenvalue weighted by atomic mass is 32.1. The number of ether oxygens (including phenoxy) is 1. The summed E-state index contributed by atoms with van der Waals surface area (Å²) >= 11 is 1.74. The van der Waals surface area contributed by atoms with Gasteiger partial charge >= 0.3 is 0 Å². The highest BCUT2D eigenvalue weighted by Crippen LogP contribution is 2.41. The molecule has 3 N–H and O–H groups in total. The Morgan fingerprint density at radius 3 is 2.61 bits per heavy atom. The van der Waals surface area contributed by atoms with Gasteiger partial charge in [0.15, 0.2) is 6.23 Å². The van der Waals surface area contributed by atoms with Gasteiger partial charge in [-0.15, -0.1) is 11.3 Å². The molecule has 0 saturated carbocycles. The van der Waals surface area contributed by atoms with Crippen LogP contribution in [-0.4, -0.2) is 54.8 Å². The smallest absolute Gasteiger partial charge is 0.164 e. The lowest BCUT2D eigenvalue weighted by molar-refractivity contribution is -0.0508. The SMILES string of the molecule is OC[C@H]1O[C@@H](n2ccc3c(-c4cccc5c4sc4ccccc45)ncnc32)[C@H](O)[C@@H]1O. The predicted molar refractivity (Wildman–Crippen MR) is 119 cm³/mol. The third kappa shape index (κ3) is 2.73. The normalized spacial score (nSPS) is 24.0. The van der Waals surface area contributed by atoms with Crippen LogP contribution >= 0.6 is 11.3 Å². The van der Waals surface area contributed by atoms with Crippen molar-refractivity contribution in [1.82, 2.24) is 14.5 Å². The first-order valence-corrected chi connectivity index (χ1v) is 10.8. The van der Waals surface area contributed by atoms with Crippen LogP contribution in [0, 0.1) is 0 Å². The highest BCUT2D eigenvalue weighted by Gasteiger charge is 2.43. The molecule has 156 valence electrons. The van der Waals surface area contributed by atoms with Crippen LogP contribution in [0.4, 0.5) is 0 Å². The van der Waals surface area contributed by atoms with Crippen LogP contribution in [0.15, 0.2) is 61.1 Å². The fraction of sp³-hybridized carbons (Fsp3) is 0.217. The van der Waals surface area contributed by atoms with Gasteiger partial charge in [0.2, 0.25) is 0 Å². The summed E-state index contributed by atoms with van der Waals surface area (Å²) < 4.78 is 9.77. The van der Waals surface area contributed by atoms with Crippen LogP contribution in [0.2, 0.25) is 0 Å². The Morgan fingerprint density at radius 1 is 0.935 bits per heavy atom. The van der Waals surface area contributed by atoms with E-state index in [1.54, 1.807) is 22.1 Å². The van der Waals surface area contributed by atoms with Crippen molar-refractivity contribution in [2.75, 3.05) is 6.61 Å². The Morgan fingerprint density at radius 2 is 1.77 bits per heavy atom. The van der Waals surface area contributed by atoms with E-state index in [4.69, 9.17) is 4.74 Å². The maximum Gasteiger partial charge on any atom is 0.164 e. The third-order valence-corrected chi connectivity index (χ3v) is 7.18. The molecule has 1 fully saturated rings. The zero-order valence-corrected chi connectivity index (χ0v) is 17.1. The van der Waals surface area contributed by atoms with Crippen molar-refractivity contribution < 1.29 is 20.1 Å². The van der Waals surface area contributed by atoms with E-state index >= 15 is 0 Å². The van der Waals surface area contributed by atoms with E-state index in [2.05, 4.69) is 34.2 Å². The van der Waals surface area contributed by atoms with E-state index < -0.39 is 24.5 Å². The molecule has 3 aromatic heterocycles. The average molecular weight is 433 g/mol. The molecule has 0 amide bonds. The van der Waals surface area contributed by atoms with E-state index in [0.717, 1.165) is 21.3 Å². The Hall–Kier alpha value is -2.88. The molecular formula is C23H19N3O4S. The number of aliphatic hydroxyl groups is 3. The lowest BCUT2D eigenvalue weighted by Gasteiger charge is -2.17. The van der Waals surface area contributed by atoms with Crippen molar-refractivity contribution in [3.63, 3.8) is 0 Å². The molecule has 4 atom stereocenters. The van der Waals surface area contributed by atoms with E-state index in [9.17, 15) is 15.3 Å². The van der Waals surface area contributed by atoms with Crippen LogP contribution in [0.3, 0.4) is 0 Å². The molecule has 5 aromatic rings. The van der Waals surface area contributed by atoms with Crippen molar-refractivity contribution in [2.24, 2.45) is 0 Å². The van der Waals surface area contributed by atoms with E-state index in [0.29, 0.717) is 5.65 Å². The third-order valence-electron chi connectivity index (χ3n) is 5.96. The standard InChI is InChI=1S/C23H19N3O4S/c27-10-16-19(28)20(29)23(30-16)26-9-8-15-18(24-11-25-22(15)26)14-6-3-5-13-12-4-1-2-7-17(12)31-21(13)14/h1-9,11,16,19-20,23,27-29H,10H2/t16-,19-,20-,23-/m1/s1. The predicted octanol–water partition coefficient (Wildman–Crippen LogP) is 3.08. The van der Waals surface area contributed by atoms with Gasteiger partial charge in [-0.25, -0.2) is 9.97 Å². The largest absolute Gasteiger partial charge is 0.394 e. The van der Waals surface area contributed by atoms with Gasteiger partial charge in [0.25, 0.3) is 0 Å². The monoisotopic (exact) mass is 433 g/mol. The molecule has 6 rings (SSSR count).